The normalized spacial score (nSPS) is 12.4. The lowest BCUT2D eigenvalue weighted by molar-refractivity contribution is 0.0138. The van der Waals surface area contributed by atoms with E-state index in [0.29, 0.717) is 62.9 Å². The number of ether oxygens (including phenoxy) is 3. The molecule has 2 N–H and O–H groups in total. The van der Waals surface area contributed by atoms with Crippen molar-refractivity contribution in [2.45, 2.75) is 44.0 Å². The van der Waals surface area contributed by atoms with Crippen LogP contribution in [0.4, 0.5) is 5.69 Å². The van der Waals surface area contributed by atoms with Crippen LogP contribution in [0.3, 0.4) is 0 Å². The van der Waals surface area contributed by atoms with Gasteiger partial charge in [-0.15, -0.1) is 0 Å². The minimum atomic E-state index is -3.62. The lowest BCUT2D eigenvalue weighted by Crippen LogP contribution is -2.36. The van der Waals surface area contributed by atoms with Crippen molar-refractivity contribution in [2.75, 3.05) is 71.7 Å². The van der Waals surface area contributed by atoms with Gasteiger partial charge in [0, 0.05) is 55.9 Å². The van der Waals surface area contributed by atoms with Crippen LogP contribution in [0.2, 0.25) is 0 Å². The highest BCUT2D eigenvalue weighted by atomic mass is 32.2. The standard InChI is InChI=1S/C26H43N3O5S/c1-26(2,3)27-14-8-16-32-18-20-34-21-19-33-17-9-15-28-35(30,31)25-13-7-10-22-23(25)11-6-12-24(22)29(4)5/h6-7,10-13,27-28H,8-9,14-21H2,1-5H3. The molecule has 35 heavy (non-hydrogen) atoms. The van der Waals surface area contributed by atoms with Crippen LogP contribution >= 0.6 is 0 Å². The molecule has 0 fully saturated rings. The Bertz CT molecular complexity index is 990. The molecule has 0 saturated heterocycles. The van der Waals surface area contributed by atoms with Gasteiger partial charge in [0.25, 0.3) is 0 Å². The predicted octanol–water partition coefficient (Wildman–Crippen LogP) is 3.40. The molecule has 0 unspecified atom stereocenters. The summed E-state index contributed by atoms with van der Waals surface area (Å²) < 4.78 is 45.1. The van der Waals surface area contributed by atoms with Crippen molar-refractivity contribution >= 4 is 26.5 Å². The molecule has 0 aliphatic heterocycles. The maximum atomic E-state index is 12.9. The zero-order valence-corrected chi connectivity index (χ0v) is 22.7. The van der Waals surface area contributed by atoms with Gasteiger partial charge in [0.15, 0.2) is 0 Å². The van der Waals surface area contributed by atoms with E-state index < -0.39 is 10.0 Å². The van der Waals surface area contributed by atoms with E-state index in [-0.39, 0.29) is 5.54 Å². The van der Waals surface area contributed by atoms with Gasteiger partial charge in [0.1, 0.15) is 0 Å². The summed E-state index contributed by atoms with van der Waals surface area (Å²) in [5.74, 6) is 0. The Morgan fingerprint density at radius 1 is 0.771 bits per heavy atom. The van der Waals surface area contributed by atoms with E-state index in [1.165, 1.54) is 0 Å². The Morgan fingerprint density at radius 3 is 1.91 bits per heavy atom. The Hall–Kier alpha value is -1.75. The van der Waals surface area contributed by atoms with Crippen molar-refractivity contribution in [1.82, 2.24) is 10.0 Å². The highest BCUT2D eigenvalue weighted by Gasteiger charge is 2.18. The van der Waals surface area contributed by atoms with Gasteiger partial charge in [-0.05, 0) is 52.3 Å². The molecule has 0 radical (unpaired) electrons. The summed E-state index contributed by atoms with van der Waals surface area (Å²) in [6.07, 6.45) is 1.56. The van der Waals surface area contributed by atoms with E-state index in [0.717, 1.165) is 24.0 Å². The van der Waals surface area contributed by atoms with Crippen molar-refractivity contribution < 1.29 is 22.6 Å². The fraction of sp³-hybridized carbons (Fsp3) is 0.615. The highest BCUT2D eigenvalue weighted by molar-refractivity contribution is 7.89. The first-order valence-electron chi connectivity index (χ1n) is 12.3. The van der Waals surface area contributed by atoms with E-state index in [1.54, 1.807) is 12.1 Å². The number of rotatable bonds is 17. The van der Waals surface area contributed by atoms with Crippen molar-refractivity contribution in [1.29, 1.82) is 0 Å². The quantitative estimate of drug-likeness (QED) is 0.316. The molecule has 8 nitrogen and oxygen atoms in total. The van der Waals surface area contributed by atoms with Crippen LogP contribution in [0.5, 0.6) is 0 Å². The Kier molecular flexibility index (Phi) is 12.4. The fourth-order valence-electron chi connectivity index (χ4n) is 3.53. The zero-order chi connectivity index (χ0) is 25.7. The molecule has 9 heteroatoms. The third-order valence-electron chi connectivity index (χ3n) is 5.25. The number of fused-ring (bicyclic) bond motifs is 1. The Labute approximate surface area is 211 Å². The van der Waals surface area contributed by atoms with Gasteiger partial charge in [0.2, 0.25) is 10.0 Å². The third kappa shape index (κ3) is 10.8. The molecule has 0 spiro atoms. The summed E-state index contributed by atoms with van der Waals surface area (Å²) in [5.41, 5.74) is 1.12. The summed E-state index contributed by atoms with van der Waals surface area (Å²) in [6, 6.07) is 11.1. The molecule has 0 aliphatic rings. The number of anilines is 1. The topological polar surface area (TPSA) is 89.1 Å². The number of hydrogen-bond donors (Lipinski definition) is 2. The average Bonchev–Trinajstić information content (AvgIpc) is 2.79. The van der Waals surface area contributed by atoms with Gasteiger partial charge in [-0.1, -0.05) is 24.3 Å². The molecule has 0 bridgehead atoms. The highest BCUT2D eigenvalue weighted by Crippen LogP contribution is 2.30. The summed E-state index contributed by atoms with van der Waals surface area (Å²) in [5, 5.41) is 5.05. The maximum absolute atomic E-state index is 12.9. The Balaban J connectivity index is 1.57. The average molecular weight is 510 g/mol. The molecular weight excluding hydrogens is 466 g/mol. The molecule has 0 aromatic heterocycles. The lowest BCUT2D eigenvalue weighted by Gasteiger charge is -2.20. The maximum Gasteiger partial charge on any atom is 0.241 e. The van der Waals surface area contributed by atoms with Crippen LogP contribution in [0.15, 0.2) is 41.3 Å². The Morgan fingerprint density at radius 2 is 1.31 bits per heavy atom. The van der Waals surface area contributed by atoms with Crippen LogP contribution in [-0.2, 0) is 24.2 Å². The predicted molar refractivity (Wildman–Crippen MR) is 143 cm³/mol. The van der Waals surface area contributed by atoms with Crippen molar-refractivity contribution in [3.63, 3.8) is 0 Å². The number of nitrogens with one attached hydrogen (secondary N) is 2. The van der Waals surface area contributed by atoms with Gasteiger partial charge >= 0.3 is 0 Å². The van der Waals surface area contributed by atoms with E-state index in [1.807, 2.05) is 43.3 Å². The molecule has 0 aliphatic carbocycles. The van der Waals surface area contributed by atoms with Gasteiger partial charge in [-0.25, -0.2) is 13.1 Å². The second-order valence-corrected chi connectivity index (χ2v) is 11.4. The summed E-state index contributed by atoms with van der Waals surface area (Å²) in [7, 11) is 0.271. The fourth-order valence-corrected chi connectivity index (χ4v) is 4.82. The van der Waals surface area contributed by atoms with Crippen LogP contribution < -0.4 is 14.9 Å². The number of hydrogen-bond acceptors (Lipinski definition) is 7. The largest absolute Gasteiger partial charge is 0.379 e. The molecular formula is C26H43N3O5S. The second-order valence-electron chi connectivity index (χ2n) is 9.64. The first-order chi connectivity index (χ1) is 16.6. The van der Waals surface area contributed by atoms with Gasteiger partial charge < -0.3 is 24.4 Å². The monoisotopic (exact) mass is 509 g/mol. The number of sulfonamides is 1. The van der Waals surface area contributed by atoms with E-state index in [2.05, 4.69) is 30.8 Å². The molecule has 0 amide bonds. The third-order valence-corrected chi connectivity index (χ3v) is 6.77. The molecule has 198 valence electrons. The van der Waals surface area contributed by atoms with Crippen LogP contribution in [0.1, 0.15) is 33.6 Å². The van der Waals surface area contributed by atoms with Gasteiger partial charge in [0.05, 0.1) is 31.3 Å². The minimum Gasteiger partial charge on any atom is -0.379 e. The second kappa shape index (κ2) is 14.7. The molecule has 2 aromatic carbocycles. The SMILES string of the molecule is CN(C)c1cccc2c(S(=O)(=O)NCCCOCCOCCOCCCNC(C)(C)C)cccc12. The lowest BCUT2D eigenvalue weighted by atomic mass is 10.1. The van der Waals surface area contributed by atoms with Gasteiger partial charge in [-0.2, -0.15) is 0 Å². The molecule has 0 heterocycles. The zero-order valence-electron chi connectivity index (χ0n) is 21.9. The summed E-state index contributed by atoms with van der Waals surface area (Å²) in [4.78, 5) is 2.27. The minimum absolute atomic E-state index is 0.139. The number of benzene rings is 2. The first kappa shape index (κ1) is 29.5. The number of nitrogens with zero attached hydrogens (tertiary/aromatic N) is 1. The molecule has 2 aromatic rings. The van der Waals surface area contributed by atoms with E-state index in [9.17, 15) is 8.42 Å². The van der Waals surface area contributed by atoms with Crippen molar-refractivity contribution in [3.8, 4) is 0 Å². The van der Waals surface area contributed by atoms with E-state index in [4.69, 9.17) is 14.2 Å². The van der Waals surface area contributed by atoms with E-state index >= 15 is 0 Å². The first-order valence-corrected chi connectivity index (χ1v) is 13.8. The summed E-state index contributed by atoms with van der Waals surface area (Å²) >= 11 is 0. The van der Waals surface area contributed by atoms with Crippen LogP contribution in [0.25, 0.3) is 10.8 Å². The smallest absolute Gasteiger partial charge is 0.241 e. The van der Waals surface area contributed by atoms with Crippen molar-refractivity contribution in [2.24, 2.45) is 0 Å². The van der Waals surface area contributed by atoms with Crippen molar-refractivity contribution in [3.05, 3.63) is 36.4 Å². The van der Waals surface area contributed by atoms with Crippen LogP contribution in [-0.4, -0.2) is 80.8 Å². The summed E-state index contributed by atoms with van der Waals surface area (Å²) in [6.45, 7) is 10.9. The molecule has 2 rings (SSSR count). The molecule has 0 atom stereocenters. The van der Waals surface area contributed by atoms with Crippen LogP contribution in [0, 0.1) is 0 Å². The van der Waals surface area contributed by atoms with Gasteiger partial charge in [-0.3, -0.25) is 0 Å². The molecule has 0 saturated carbocycles.